The molecule has 0 aliphatic heterocycles. The Hall–Kier alpha value is -3.26. The third kappa shape index (κ3) is 3.84. The summed E-state index contributed by atoms with van der Waals surface area (Å²) in [6.45, 7) is 1.34. The summed E-state index contributed by atoms with van der Waals surface area (Å²) in [5.41, 5.74) is 0.00188. The molecule has 29 heavy (non-hydrogen) atoms. The Morgan fingerprint density at radius 3 is 2.48 bits per heavy atom. The number of hydrogen-bond acceptors (Lipinski definition) is 6. The Morgan fingerprint density at radius 2 is 1.86 bits per heavy atom. The maximum Gasteiger partial charge on any atom is 0.417 e. The van der Waals surface area contributed by atoms with Crippen LogP contribution in [-0.4, -0.2) is 33.7 Å². The monoisotopic (exact) mass is 421 g/mol. The number of hydrogen-bond donors (Lipinski definition) is 0. The molecule has 3 heterocycles. The third-order valence-corrected chi connectivity index (χ3v) is 6.00. The van der Waals surface area contributed by atoms with Crippen LogP contribution in [0.15, 0.2) is 41.8 Å². The van der Waals surface area contributed by atoms with Gasteiger partial charge < -0.3 is 4.57 Å². The summed E-state index contributed by atoms with van der Waals surface area (Å²) in [7, 11) is -2.45. The van der Waals surface area contributed by atoms with Crippen molar-refractivity contribution in [3.05, 3.63) is 48.0 Å². The second-order valence-corrected chi connectivity index (χ2v) is 8.32. The Kier molecular flexibility index (Phi) is 5.15. The van der Waals surface area contributed by atoms with Crippen LogP contribution in [-0.2, 0) is 23.1 Å². The van der Waals surface area contributed by atoms with E-state index >= 15 is 0 Å². The highest BCUT2D eigenvalue weighted by molar-refractivity contribution is 7.91. The minimum Gasteiger partial charge on any atom is -0.326 e. The number of pyridine rings is 2. The van der Waals surface area contributed by atoms with Crippen LogP contribution in [0.2, 0.25) is 0 Å². The number of nitrogens with zero attached hydrogens (tertiary/aromatic N) is 5. The minimum absolute atomic E-state index is 0.0723. The Balaban J connectivity index is 2.22. The lowest BCUT2D eigenvalue weighted by Crippen LogP contribution is -2.13. The first-order valence-corrected chi connectivity index (χ1v) is 9.91. The lowest BCUT2D eigenvalue weighted by molar-refractivity contribution is -0.138. The van der Waals surface area contributed by atoms with Crippen molar-refractivity contribution in [3.8, 4) is 28.8 Å². The molecule has 0 amide bonds. The Morgan fingerprint density at radius 1 is 1.14 bits per heavy atom. The summed E-state index contributed by atoms with van der Waals surface area (Å²) < 4.78 is 65.6. The van der Waals surface area contributed by atoms with E-state index in [9.17, 15) is 21.6 Å². The van der Waals surface area contributed by atoms with Crippen LogP contribution in [0, 0.1) is 11.3 Å². The van der Waals surface area contributed by atoms with Crippen LogP contribution >= 0.6 is 0 Å². The molecule has 3 aromatic rings. The van der Waals surface area contributed by atoms with Gasteiger partial charge in [-0.3, -0.25) is 9.97 Å². The van der Waals surface area contributed by atoms with E-state index in [2.05, 4.69) is 15.0 Å². The van der Waals surface area contributed by atoms with Gasteiger partial charge in [-0.15, -0.1) is 0 Å². The Bertz CT molecular complexity index is 1230. The van der Waals surface area contributed by atoms with Crippen molar-refractivity contribution in [2.75, 3.05) is 5.75 Å². The predicted octanol–water partition coefficient (Wildman–Crippen LogP) is 3.23. The molecule has 3 aromatic heterocycles. The molecule has 0 saturated heterocycles. The minimum atomic E-state index is -4.74. The van der Waals surface area contributed by atoms with Gasteiger partial charge in [0.2, 0.25) is 0 Å². The molecule has 3 rings (SSSR count). The summed E-state index contributed by atoms with van der Waals surface area (Å²) in [6, 6.07) is 4.11. The van der Waals surface area contributed by atoms with E-state index in [1.165, 1.54) is 30.1 Å². The average molecular weight is 421 g/mol. The van der Waals surface area contributed by atoms with Gasteiger partial charge in [0.1, 0.15) is 11.8 Å². The summed E-state index contributed by atoms with van der Waals surface area (Å²) in [5, 5.41) is 9.03. The first kappa shape index (κ1) is 20.5. The van der Waals surface area contributed by atoms with Gasteiger partial charge in [-0.1, -0.05) is 6.92 Å². The van der Waals surface area contributed by atoms with E-state index in [1.54, 1.807) is 13.1 Å². The first-order chi connectivity index (χ1) is 13.6. The standard InChI is InChI=1S/C18H14F3N5O2S/c1-3-29(27,28)15-5-13(18(19,20)21)9-24-16(15)17-25-10-14(26(17)2)12-4-11(6-22)7-23-8-12/h4-5,7-10H,3H2,1-2H3. The summed E-state index contributed by atoms with van der Waals surface area (Å²) in [5.74, 6) is -0.322. The zero-order valence-electron chi connectivity index (χ0n) is 15.3. The van der Waals surface area contributed by atoms with E-state index in [0.717, 1.165) is 0 Å². The Labute approximate surface area is 164 Å². The van der Waals surface area contributed by atoms with Crippen LogP contribution in [0.1, 0.15) is 18.1 Å². The summed E-state index contributed by atoms with van der Waals surface area (Å²) in [4.78, 5) is 11.4. The fraction of sp³-hybridized carbons (Fsp3) is 0.222. The van der Waals surface area contributed by atoms with E-state index in [-0.39, 0.29) is 11.5 Å². The summed E-state index contributed by atoms with van der Waals surface area (Å²) in [6.07, 6.45) is 0.126. The zero-order chi connectivity index (χ0) is 21.4. The van der Waals surface area contributed by atoms with Gasteiger partial charge in [-0.05, 0) is 12.1 Å². The normalized spacial score (nSPS) is 12.0. The van der Waals surface area contributed by atoms with Crippen molar-refractivity contribution in [3.63, 3.8) is 0 Å². The van der Waals surface area contributed by atoms with Gasteiger partial charge in [-0.2, -0.15) is 18.4 Å². The SMILES string of the molecule is CCS(=O)(=O)c1cc(C(F)(F)F)cnc1-c1ncc(-c2cncc(C#N)c2)n1C. The second-order valence-electron chi connectivity index (χ2n) is 6.07. The first-order valence-electron chi connectivity index (χ1n) is 8.26. The molecule has 0 atom stereocenters. The number of rotatable bonds is 4. The largest absolute Gasteiger partial charge is 0.417 e. The molecule has 0 aromatic carbocycles. The van der Waals surface area contributed by atoms with E-state index in [1.807, 2.05) is 6.07 Å². The van der Waals surface area contributed by atoms with Gasteiger partial charge in [0.25, 0.3) is 0 Å². The molecule has 0 fully saturated rings. The second kappa shape index (κ2) is 7.29. The number of nitriles is 1. The molecule has 11 heteroatoms. The fourth-order valence-electron chi connectivity index (χ4n) is 2.70. The van der Waals surface area contributed by atoms with Gasteiger partial charge in [0, 0.05) is 31.2 Å². The lowest BCUT2D eigenvalue weighted by atomic mass is 10.2. The molecular formula is C18H14F3N5O2S. The fourth-order valence-corrected chi connectivity index (χ4v) is 3.76. The maximum atomic E-state index is 13.1. The van der Waals surface area contributed by atoms with E-state index < -0.39 is 32.2 Å². The van der Waals surface area contributed by atoms with Gasteiger partial charge >= 0.3 is 6.18 Å². The quantitative estimate of drug-likeness (QED) is 0.641. The number of aromatic nitrogens is 4. The molecular weight excluding hydrogens is 407 g/mol. The molecule has 7 nitrogen and oxygen atoms in total. The van der Waals surface area contributed by atoms with Gasteiger partial charge in [-0.25, -0.2) is 13.4 Å². The molecule has 0 radical (unpaired) electrons. The molecule has 0 saturated carbocycles. The molecule has 0 N–H and O–H groups in total. The zero-order valence-corrected chi connectivity index (χ0v) is 16.1. The van der Waals surface area contributed by atoms with Gasteiger partial charge in [0.15, 0.2) is 15.7 Å². The number of halogens is 3. The van der Waals surface area contributed by atoms with Crippen molar-refractivity contribution in [1.29, 1.82) is 5.26 Å². The molecule has 0 bridgehead atoms. The highest BCUT2D eigenvalue weighted by Crippen LogP contribution is 2.34. The van der Waals surface area contributed by atoms with Crippen LogP contribution in [0.5, 0.6) is 0 Å². The van der Waals surface area contributed by atoms with E-state index in [4.69, 9.17) is 5.26 Å². The number of imidazole rings is 1. The highest BCUT2D eigenvalue weighted by atomic mass is 32.2. The van der Waals surface area contributed by atoms with Crippen LogP contribution in [0.25, 0.3) is 22.8 Å². The average Bonchev–Trinajstić information content (AvgIpc) is 3.08. The summed E-state index contributed by atoms with van der Waals surface area (Å²) >= 11 is 0. The third-order valence-electron chi connectivity index (χ3n) is 4.26. The van der Waals surface area contributed by atoms with Crippen molar-refractivity contribution >= 4 is 9.84 Å². The van der Waals surface area contributed by atoms with Crippen molar-refractivity contribution in [1.82, 2.24) is 19.5 Å². The predicted molar refractivity (Wildman–Crippen MR) is 97.1 cm³/mol. The smallest absolute Gasteiger partial charge is 0.326 e. The van der Waals surface area contributed by atoms with Crippen molar-refractivity contribution in [2.24, 2.45) is 7.05 Å². The molecule has 0 aliphatic rings. The molecule has 150 valence electrons. The lowest BCUT2D eigenvalue weighted by Gasteiger charge is -2.13. The molecule has 0 spiro atoms. The van der Waals surface area contributed by atoms with Gasteiger partial charge in [0.05, 0.1) is 33.7 Å². The van der Waals surface area contributed by atoms with Crippen LogP contribution in [0.4, 0.5) is 13.2 Å². The highest BCUT2D eigenvalue weighted by Gasteiger charge is 2.34. The van der Waals surface area contributed by atoms with Crippen LogP contribution < -0.4 is 0 Å². The molecule has 0 unspecified atom stereocenters. The van der Waals surface area contributed by atoms with Crippen LogP contribution in [0.3, 0.4) is 0 Å². The number of alkyl halides is 3. The topological polar surface area (TPSA) is 102 Å². The molecule has 0 aliphatic carbocycles. The number of sulfone groups is 1. The van der Waals surface area contributed by atoms with E-state index in [0.29, 0.717) is 29.1 Å². The van der Waals surface area contributed by atoms with Crippen molar-refractivity contribution < 1.29 is 21.6 Å². The van der Waals surface area contributed by atoms with Crippen molar-refractivity contribution in [2.45, 2.75) is 18.0 Å². The maximum absolute atomic E-state index is 13.1.